The molecule has 228 valence electrons. The van der Waals surface area contributed by atoms with Crippen molar-refractivity contribution in [3.8, 4) is 0 Å². The Bertz CT molecular complexity index is 1560. The highest BCUT2D eigenvalue weighted by molar-refractivity contribution is 6.21. The number of esters is 1. The molecule has 6 aliphatic rings. The number of carbonyl (C=O) groups excluding carboxylic acids is 2. The summed E-state index contributed by atoms with van der Waals surface area (Å²) >= 11 is 0. The average Bonchev–Trinajstić information content (AvgIpc) is 3.72. The molecule has 7 nitrogen and oxygen atoms in total. The number of ketones is 1. The number of carbonyl (C=O) groups is 2. The van der Waals surface area contributed by atoms with Crippen molar-refractivity contribution >= 4 is 22.5 Å². The molecule has 3 saturated heterocycles. The number of hydrogen-bond donors (Lipinski definition) is 3. The predicted octanol–water partition coefficient (Wildman–Crippen LogP) is 4.36. The van der Waals surface area contributed by atoms with Crippen LogP contribution in [0.5, 0.6) is 0 Å². The highest BCUT2D eigenvalue weighted by atomic mass is 16.6. The highest BCUT2D eigenvalue weighted by Gasteiger charge is 2.79. The second-order valence-corrected chi connectivity index (χ2v) is 15.0. The second-order valence-electron chi connectivity index (χ2n) is 15.0. The van der Waals surface area contributed by atoms with Crippen molar-refractivity contribution in [3.63, 3.8) is 0 Å². The first-order chi connectivity index (χ1) is 20.6. The number of ether oxygens (including phenoxy) is 1. The van der Waals surface area contributed by atoms with E-state index < -0.39 is 34.5 Å². The molecule has 2 unspecified atom stereocenters. The van der Waals surface area contributed by atoms with Crippen LogP contribution in [0.2, 0.25) is 0 Å². The van der Waals surface area contributed by atoms with Gasteiger partial charge in [-0.2, -0.15) is 0 Å². The Morgan fingerprint density at radius 3 is 2.53 bits per heavy atom. The lowest BCUT2D eigenvalue weighted by molar-refractivity contribution is -0.160. The van der Waals surface area contributed by atoms with Crippen molar-refractivity contribution in [2.24, 2.45) is 34.0 Å². The van der Waals surface area contributed by atoms with E-state index in [4.69, 9.17) is 4.74 Å². The number of Topliss-reactive ketones (excluding diaryl/α,β-unsaturated/α-hetero) is 1. The number of aliphatic hydroxyl groups excluding tert-OH is 3. The molecule has 5 fully saturated rings. The van der Waals surface area contributed by atoms with Crippen molar-refractivity contribution in [3.05, 3.63) is 59.7 Å². The van der Waals surface area contributed by atoms with E-state index in [9.17, 15) is 20.1 Å². The number of nitrogens with zero attached hydrogens (tertiary/aromatic N) is 1. The molecule has 10 atom stereocenters. The molecule has 0 bridgehead atoms. The van der Waals surface area contributed by atoms with Gasteiger partial charge in [0.15, 0.2) is 5.78 Å². The van der Waals surface area contributed by atoms with E-state index >= 15 is 4.79 Å². The molecule has 3 aliphatic carbocycles. The van der Waals surface area contributed by atoms with Crippen LogP contribution < -0.4 is 0 Å². The molecule has 7 heteroatoms. The van der Waals surface area contributed by atoms with Gasteiger partial charge in [-0.3, -0.25) is 14.5 Å². The van der Waals surface area contributed by atoms with E-state index in [1.54, 1.807) is 0 Å². The summed E-state index contributed by atoms with van der Waals surface area (Å²) in [6, 6.07) is 11.8. The fourth-order valence-corrected chi connectivity index (χ4v) is 11.8. The van der Waals surface area contributed by atoms with Crippen molar-refractivity contribution in [2.45, 2.75) is 82.6 Å². The molecule has 0 amide bonds. The van der Waals surface area contributed by atoms with Gasteiger partial charge in [0.25, 0.3) is 0 Å². The zero-order chi connectivity index (χ0) is 30.1. The summed E-state index contributed by atoms with van der Waals surface area (Å²) in [5.74, 6) is -0.873. The number of aliphatic hydroxyl groups is 3. The summed E-state index contributed by atoms with van der Waals surface area (Å²) < 4.78 is 5.73. The maximum Gasteiger partial charge on any atom is 0.316 e. The molecule has 0 radical (unpaired) electrons. The minimum atomic E-state index is -1.23. The van der Waals surface area contributed by atoms with Gasteiger partial charge >= 0.3 is 5.97 Å². The molecule has 2 spiro atoms. The third-order valence-corrected chi connectivity index (χ3v) is 13.7. The number of allylic oxidation sites excluding steroid dienone is 1. The first-order valence-corrected chi connectivity index (χ1v) is 16.2. The number of benzene rings is 2. The first-order valence-electron chi connectivity index (χ1n) is 16.2. The summed E-state index contributed by atoms with van der Waals surface area (Å²) in [7, 11) is 0. The Hall–Kier alpha value is -2.58. The Kier molecular flexibility index (Phi) is 5.84. The van der Waals surface area contributed by atoms with Crippen LogP contribution in [0.15, 0.2) is 48.6 Å². The smallest absolute Gasteiger partial charge is 0.316 e. The van der Waals surface area contributed by atoms with Crippen LogP contribution in [0, 0.1) is 34.0 Å². The van der Waals surface area contributed by atoms with Crippen molar-refractivity contribution < 1.29 is 29.6 Å². The normalized spacial score (nSPS) is 45.4. The summed E-state index contributed by atoms with van der Waals surface area (Å²) in [6.45, 7) is 9.42. The number of cyclic esters (lactones) is 1. The average molecular weight is 586 g/mol. The van der Waals surface area contributed by atoms with Crippen LogP contribution in [0.25, 0.3) is 10.8 Å². The molecular weight excluding hydrogens is 542 g/mol. The Morgan fingerprint density at radius 2 is 1.81 bits per heavy atom. The van der Waals surface area contributed by atoms with Crippen molar-refractivity contribution in [2.75, 3.05) is 19.8 Å². The molecule has 2 aromatic carbocycles. The van der Waals surface area contributed by atoms with Crippen molar-refractivity contribution in [1.82, 2.24) is 4.90 Å². The van der Waals surface area contributed by atoms with Crippen LogP contribution >= 0.6 is 0 Å². The van der Waals surface area contributed by atoms with Gasteiger partial charge in [0.1, 0.15) is 23.7 Å². The quantitative estimate of drug-likeness (QED) is 0.363. The second kappa shape index (κ2) is 9.00. The number of fused-ring (bicyclic) bond motifs is 5. The molecule has 3 heterocycles. The lowest BCUT2D eigenvalue weighted by Gasteiger charge is -2.60. The minimum absolute atomic E-state index is 0.0300. The van der Waals surface area contributed by atoms with Crippen LogP contribution in [-0.4, -0.2) is 70.0 Å². The van der Waals surface area contributed by atoms with Gasteiger partial charge in [-0.1, -0.05) is 62.4 Å². The van der Waals surface area contributed by atoms with Gasteiger partial charge in [0.05, 0.1) is 12.7 Å². The Labute approximate surface area is 252 Å². The maximum absolute atomic E-state index is 15.1. The lowest BCUT2D eigenvalue weighted by Crippen LogP contribution is -2.59. The number of hydrogen-bond acceptors (Lipinski definition) is 7. The zero-order valence-corrected chi connectivity index (χ0v) is 25.2. The first kappa shape index (κ1) is 27.9. The molecule has 3 N–H and O–H groups in total. The summed E-state index contributed by atoms with van der Waals surface area (Å²) in [6.07, 6.45) is 3.45. The topological polar surface area (TPSA) is 107 Å². The monoisotopic (exact) mass is 585 g/mol. The van der Waals surface area contributed by atoms with Crippen LogP contribution in [-0.2, 0) is 15.1 Å². The van der Waals surface area contributed by atoms with Gasteiger partial charge in [0, 0.05) is 22.9 Å². The van der Waals surface area contributed by atoms with Gasteiger partial charge in [0.2, 0.25) is 0 Å². The largest absolute Gasteiger partial charge is 0.462 e. The van der Waals surface area contributed by atoms with Gasteiger partial charge < -0.3 is 20.1 Å². The third kappa shape index (κ3) is 3.05. The van der Waals surface area contributed by atoms with Gasteiger partial charge in [-0.25, -0.2) is 0 Å². The lowest BCUT2D eigenvalue weighted by atomic mass is 9.44. The summed E-state index contributed by atoms with van der Waals surface area (Å²) in [5.41, 5.74) is -0.505. The highest BCUT2D eigenvalue weighted by Crippen LogP contribution is 2.70. The number of rotatable bonds is 3. The Balaban J connectivity index is 1.36. The molecule has 0 aromatic heterocycles. The van der Waals surface area contributed by atoms with Crippen LogP contribution in [0.1, 0.15) is 74.7 Å². The molecule has 2 aromatic rings. The maximum atomic E-state index is 15.1. The van der Waals surface area contributed by atoms with Gasteiger partial charge in [-0.15, -0.1) is 0 Å². The fraction of sp³-hybridized carbons (Fsp3) is 0.611. The van der Waals surface area contributed by atoms with E-state index in [0.717, 1.165) is 54.0 Å². The van der Waals surface area contributed by atoms with E-state index in [2.05, 4.69) is 24.5 Å². The SMILES string of the molecule is C=C1CC[C@@H]2[C@](C)(CO)[C@H](O)CC[C@@]2(C)[C@@H]1CC1[C@@]2(C(=O)OC[C@H]2O)C2CCCN2[C@]12C(=O)c1cccc3cccc2c13. The minimum Gasteiger partial charge on any atom is -0.462 e. The molecule has 8 rings (SSSR count). The Morgan fingerprint density at radius 1 is 1.05 bits per heavy atom. The van der Waals surface area contributed by atoms with Crippen LogP contribution in [0.4, 0.5) is 0 Å². The van der Waals surface area contributed by atoms with Gasteiger partial charge in [-0.05, 0) is 85.1 Å². The van der Waals surface area contributed by atoms with E-state index in [1.165, 1.54) is 0 Å². The molecular formula is C36H43NO6. The predicted molar refractivity (Wildman–Crippen MR) is 161 cm³/mol. The fourth-order valence-electron chi connectivity index (χ4n) is 11.8. The van der Waals surface area contributed by atoms with E-state index in [-0.39, 0.29) is 48.3 Å². The van der Waals surface area contributed by atoms with Crippen LogP contribution in [0.3, 0.4) is 0 Å². The molecule has 43 heavy (non-hydrogen) atoms. The van der Waals surface area contributed by atoms with E-state index in [0.29, 0.717) is 24.9 Å². The third-order valence-electron chi connectivity index (χ3n) is 13.7. The molecule has 3 aliphatic heterocycles. The molecule has 2 saturated carbocycles. The standard InChI is InChI=1S/C36H43NO6/c1-20-12-13-25-33(2,15-14-28(39)34(25,3)19-38)24(20)17-26-35(29(40)18-43-32(35)42)27-11-6-16-37(27)36(26)23-10-5-8-21-7-4-9-22(30(21)23)31(36)41/h4-5,7-10,24-29,38-40H,1,6,11-19H2,2-3H3/t24-,25+,26?,27?,28-,29-,33+,34+,35-,36+/m1/s1. The zero-order valence-electron chi connectivity index (χ0n) is 25.2. The van der Waals surface area contributed by atoms with Crippen molar-refractivity contribution in [1.29, 1.82) is 0 Å². The summed E-state index contributed by atoms with van der Waals surface area (Å²) in [4.78, 5) is 31.6. The van der Waals surface area contributed by atoms with E-state index in [1.807, 2.05) is 37.3 Å². The summed E-state index contributed by atoms with van der Waals surface area (Å²) in [5, 5.41) is 35.6.